The van der Waals surface area contributed by atoms with E-state index in [4.69, 9.17) is 0 Å². The van der Waals surface area contributed by atoms with Crippen LogP contribution in [-0.4, -0.2) is 24.4 Å². The smallest absolute Gasteiger partial charge is 0.316 e. The van der Waals surface area contributed by atoms with Gasteiger partial charge in [0.2, 0.25) is 0 Å². The molecule has 0 aromatic heterocycles. The average molecular weight is 185 g/mol. The van der Waals surface area contributed by atoms with Crippen molar-refractivity contribution in [1.29, 1.82) is 0 Å². The molecule has 0 radical (unpaired) electrons. The first kappa shape index (κ1) is 9.19. The number of hydrogen-bond acceptors (Lipinski definition) is 2. The van der Waals surface area contributed by atoms with Gasteiger partial charge in [0.05, 0.1) is 0 Å². The van der Waals surface area contributed by atoms with Crippen molar-refractivity contribution in [2.45, 2.75) is 11.9 Å². The number of nitrogens with one attached hydrogen (secondary N) is 1. The molecule has 1 aliphatic heterocycles. The largest absolute Gasteiger partial charge is 0.441 e. The molecule has 1 fully saturated rings. The lowest BCUT2D eigenvalue weighted by molar-refractivity contribution is -0.0329. The molecule has 66 valence electrons. The number of alkyl halides is 3. The molecule has 0 amide bonds. The predicted octanol–water partition coefficient (Wildman–Crippen LogP) is 1.85. The Morgan fingerprint density at radius 3 is 2.64 bits per heavy atom. The molecule has 0 aromatic carbocycles. The lowest BCUT2D eigenvalue weighted by Crippen LogP contribution is -2.13. The summed E-state index contributed by atoms with van der Waals surface area (Å²) in [5, 5.41) is 3.03. The summed E-state index contributed by atoms with van der Waals surface area (Å²) in [6.07, 6.45) is 0.878. The van der Waals surface area contributed by atoms with E-state index in [1.165, 1.54) is 0 Å². The highest BCUT2D eigenvalue weighted by Gasteiger charge is 2.30. The number of hydrogen-bond donors (Lipinski definition) is 1. The molecule has 1 N–H and O–H groups in total. The highest BCUT2D eigenvalue weighted by atomic mass is 32.2. The Kier molecular flexibility index (Phi) is 3.06. The molecule has 1 heterocycles. The highest BCUT2D eigenvalue weighted by molar-refractivity contribution is 8.00. The Hall–Kier alpha value is 0.1000. The number of rotatable bonds is 2. The second kappa shape index (κ2) is 3.67. The standard InChI is InChI=1S/C6H10F3NS/c7-6(8,9)11-4-5-1-2-10-3-5/h5,10H,1-4H2. The van der Waals surface area contributed by atoms with E-state index in [2.05, 4.69) is 5.32 Å². The molecule has 1 aliphatic rings. The third-order valence-corrected chi connectivity index (χ3v) is 2.61. The van der Waals surface area contributed by atoms with E-state index in [1.807, 2.05) is 0 Å². The first-order valence-corrected chi connectivity index (χ1v) is 4.48. The third kappa shape index (κ3) is 3.86. The fraction of sp³-hybridized carbons (Fsp3) is 1.00. The fourth-order valence-corrected chi connectivity index (χ4v) is 1.78. The maximum atomic E-state index is 11.7. The summed E-state index contributed by atoms with van der Waals surface area (Å²) >= 11 is 0.0908. The summed E-state index contributed by atoms with van der Waals surface area (Å²) in [5.74, 6) is 0.415. The zero-order chi connectivity index (χ0) is 8.32. The van der Waals surface area contributed by atoms with Gasteiger partial charge in [-0.25, -0.2) is 0 Å². The Bertz CT molecular complexity index is 119. The Morgan fingerprint density at radius 1 is 1.45 bits per heavy atom. The van der Waals surface area contributed by atoms with Crippen molar-refractivity contribution in [1.82, 2.24) is 5.32 Å². The van der Waals surface area contributed by atoms with E-state index < -0.39 is 5.51 Å². The first-order valence-electron chi connectivity index (χ1n) is 3.49. The topological polar surface area (TPSA) is 12.0 Å². The second-order valence-electron chi connectivity index (χ2n) is 2.62. The number of halogens is 3. The first-order chi connectivity index (χ1) is 5.08. The lowest BCUT2D eigenvalue weighted by atomic mass is 10.2. The van der Waals surface area contributed by atoms with Crippen LogP contribution in [0, 0.1) is 5.92 Å². The van der Waals surface area contributed by atoms with Crippen molar-refractivity contribution in [2.24, 2.45) is 5.92 Å². The van der Waals surface area contributed by atoms with E-state index in [9.17, 15) is 13.2 Å². The van der Waals surface area contributed by atoms with Gasteiger partial charge in [-0.3, -0.25) is 0 Å². The molecule has 0 spiro atoms. The molecule has 0 aromatic rings. The van der Waals surface area contributed by atoms with Gasteiger partial charge in [0.25, 0.3) is 0 Å². The monoisotopic (exact) mass is 185 g/mol. The molecule has 1 rings (SSSR count). The second-order valence-corrected chi connectivity index (χ2v) is 3.70. The molecule has 0 saturated carbocycles. The van der Waals surface area contributed by atoms with Crippen LogP contribution < -0.4 is 5.32 Å². The van der Waals surface area contributed by atoms with Crippen LogP contribution in [0.5, 0.6) is 0 Å². The molecule has 1 unspecified atom stereocenters. The molecule has 0 bridgehead atoms. The lowest BCUT2D eigenvalue weighted by Gasteiger charge is -2.09. The Balaban J connectivity index is 2.11. The fourth-order valence-electron chi connectivity index (χ4n) is 1.07. The van der Waals surface area contributed by atoms with E-state index in [0.717, 1.165) is 19.5 Å². The summed E-state index contributed by atoms with van der Waals surface area (Å²) < 4.78 is 35.0. The van der Waals surface area contributed by atoms with Crippen molar-refractivity contribution in [3.63, 3.8) is 0 Å². The van der Waals surface area contributed by atoms with Crippen LogP contribution in [0.15, 0.2) is 0 Å². The number of thioether (sulfide) groups is 1. The van der Waals surface area contributed by atoms with Gasteiger partial charge < -0.3 is 5.32 Å². The van der Waals surface area contributed by atoms with Crippen molar-refractivity contribution in [3.05, 3.63) is 0 Å². The quantitative estimate of drug-likeness (QED) is 0.704. The van der Waals surface area contributed by atoms with E-state index in [0.29, 0.717) is 0 Å². The Labute approximate surface area is 67.7 Å². The Morgan fingerprint density at radius 2 is 2.18 bits per heavy atom. The van der Waals surface area contributed by atoms with Crippen LogP contribution in [0.2, 0.25) is 0 Å². The van der Waals surface area contributed by atoms with Crippen molar-refractivity contribution in [2.75, 3.05) is 18.8 Å². The molecule has 1 saturated heterocycles. The van der Waals surface area contributed by atoms with Gasteiger partial charge in [-0.1, -0.05) is 11.8 Å². The molecule has 11 heavy (non-hydrogen) atoms. The molecule has 0 aliphatic carbocycles. The zero-order valence-corrected chi connectivity index (χ0v) is 6.76. The molecule has 1 nitrogen and oxygen atoms in total. The SMILES string of the molecule is FC(F)(F)SCC1CCNC1. The minimum Gasteiger partial charge on any atom is -0.316 e. The molecule has 5 heteroatoms. The summed E-state index contributed by atoms with van der Waals surface area (Å²) in [7, 11) is 0. The summed E-state index contributed by atoms with van der Waals surface area (Å²) in [5.41, 5.74) is -4.05. The van der Waals surface area contributed by atoms with Crippen molar-refractivity contribution >= 4 is 11.8 Å². The van der Waals surface area contributed by atoms with Gasteiger partial charge in [0.15, 0.2) is 0 Å². The zero-order valence-electron chi connectivity index (χ0n) is 5.95. The predicted molar refractivity (Wildman–Crippen MR) is 39.5 cm³/mol. The molecule has 1 atom stereocenters. The maximum Gasteiger partial charge on any atom is 0.441 e. The minimum absolute atomic E-state index is 0.0908. The van der Waals surface area contributed by atoms with Gasteiger partial charge in [-0.2, -0.15) is 13.2 Å². The van der Waals surface area contributed by atoms with Gasteiger partial charge in [0.1, 0.15) is 0 Å². The minimum atomic E-state index is -4.05. The van der Waals surface area contributed by atoms with Crippen LogP contribution in [-0.2, 0) is 0 Å². The third-order valence-electron chi connectivity index (χ3n) is 1.65. The van der Waals surface area contributed by atoms with Crippen LogP contribution >= 0.6 is 11.8 Å². The van der Waals surface area contributed by atoms with Gasteiger partial charge in [-0.05, 0) is 25.4 Å². The van der Waals surface area contributed by atoms with E-state index in [-0.39, 0.29) is 23.4 Å². The van der Waals surface area contributed by atoms with Gasteiger partial charge >= 0.3 is 5.51 Å². The van der Waals surface area contributed by atoms with Crippen LogP contribution in [0.25, 0.3) is 0 Å². The molecular formula is C6H10F3NS. The van der Waals surface area contributed by atoms with Crippen LogP contribution in [0.1, 0.15) is 6.42 Å². The van der Waals surface area contributed by atoms with Crippen LogP contribution in [0.4, 0.5) is 13.2 Å². The maximum absolute atomic E-state index is 11.7. The van der Waals surface area contributed by atoms with Gasteiger partial charge in [0, 0.05) is 5.75 Å². The summed E-state index contributed by atoms with van der Waals surface area (Å²) in [4.78, 5) is 0. The van der Waals surface area contributed by atoms with Crippen molar-refractivity contribution < 1.29 is 13.2 Å². The van der Waals surface area contributed by atoms with Crippen molar-refractivity contribution in [3.8, 4) is 0 Å². The normalized spacial score (nSPS) is 25.9. The molecular weight excluding hydrogens is 175 g/mol. The highest BCUT2D eigenvalue weighted by Crippen LogP contribution is 2.32. The van der Waals surface area contributed by atoms with Gasteiger partial charge in [-0.15, -0.1) is 0 Å². The summed E-state index contributed by atoms with van der Waals surface area (Å²) in [6.45, 7) is 1.60. The summed E-state index contributed by atoms with van der Waals surface area (Å²) in [6, 6.07) is 0. The van der Waals surface area contributed by atoms with E-state index in [1.54, 1.807) is 0 Å². The van der Waals surface area contributed by atoms with Crippen LogP contribution in [0.3, 0.4) is 0 Å². The van der Waals surface area contributed by atoms with E-state index >= 15 is 0 Å². The average Bonchev–Trinajstić information content (AvgIpc) is 2.32.